The molecule has 0 bridgehead atoms. The van der Waals surface area contributed by atoms with E-state index in [0.29, 0.717) is 5.69 Å². The van der Waals surface area contributed by atoms with Crippen LogP contribution in [-0.4, -0.2) is 16.5 Å². The van der Waals surface area contributed by atoms with Gasteiger partial charge in [-0.05, 0) is 49.2 Å². The van der Waals surface area contributed by atoms with E-state index in [1.807, 2.05) is 44.2 Å². The summed E-state index contributed by atoms with van der Waals surface area (Å²) < 4.78 is 2.21. The number of hydrogen-bond acceptors (Lipinski definition) is 2. The van der Waals surface area contributed by atoms with E-state index in [1.165, 1.54) is 5.56 Å². The molecule has 1 aliphatic heterocycles. The van der Waals surface area contributed by atoms with Crippen molar-refractivity contribution in [2.45, 2.75) is 20.4 Å². The molecule has 4 rings (SSSR count). The molecule has 1 saturated heterocycles. The van der Waals surface area contributed by atoms with Crippen molar-refractivity contribution in [1.82, 2.24) is 9.88 Å². The first-order valence-corrected chi connectivity index (χ1v) is 9.17. The van der Waals surface area contributed by atoms with E-state index in [9.17, 15) is 9.59 Å². The van der Waals surface area contributed by atoms with Crippen LogP contribution in [0.4, 0.5) is 10.5 Å². The molecule has 5 nitrogen and oxygen atoms in total. The number of imide groups is 1. The van der Waals surface area contributed by atoms with Crippen LogP contribution in [-0.2, 0) is 11.3 Å². The molecule has 1 aromatic heterocycles. The SMILES string of the molecule is Cc1cc(/C=C2/NC(=O)N(c3ccccc3)C2=O)c(C)n1Cc1ccccc1. The molecule has 3 aromatic rings. The fraction of sp³-hybridized carbons (Fsp3) is 0.130. The van der Waals surface area contributed by atoms with Gasteiger partial charge in [0.05, 0.1) is 5.69 Å². The average molecular weight is 371 g/mol. The average Bonchev–Trinajstić information content (AvgIpc) is 3.13. The van der Waals surface area contributed by atoms with Crippen molar-refractivity contribution in [3.8, 4) is 0 Å². The minimum absolute atomic E-state index is 0.286. The normalized spacial score (nSPS) is 15.4. The summed E-state index contributed by atoms with van der Waals surface area (Å²) in [4.78, 5) is 26.3. The second-order valence-electron chi connectivity index (χ2n) is 6.86. The Morgan fingerprint density at radius 3 is 2.25 bits per heavy atom. The van der Waals surface area contributed by atoms with Crippen LogP contribution >= 0.6 is 0 Å². The molecule has 2 heterocycles. The Morgan fingerprint density at radius 1 is 0.929 bits per heavy atom. The maximum absolute atomic E-state index is 12.8. The number of para-hydroxylation sites is 1. The fourth-order valence-electron chi connectivity index (χ4n) is 3.49. The Balaban J connectivity index is 1.64. The minimum Gasteiger partial charge on any atom is -0.344 e. The summed E-state index contributed by atoms with van der Waals surface area (Å²) in [5.74, 6) is -0.343. The molecule has 2 aromatic carbocycles. The van der Waals surface area contributed by atoms with Crippen molar-refractivity contribution in [3.05, 3.63) is 94.9 Å². The summed E-state index contributed by atoms with van der Waals surface area (Å²) in [6, 6.07) is 20.8. The Morgan fingerprint density at radius 2 is 1.57 bits per heavy atom. The first-order valence-electron chi connectivity index (χ1n) is 9.17. The summed E-state index contributed by atoms with van der Waals surface area (Å²) in [7, 11) is 0. The third-order valence-corrected chi connectivity index (χ3v) is 4.99. The van der Waals surface area contributed by atoms with Crippen LogP contribution in [0.2, 0.25) is 0 Å². The van der Waals surface area contributed by atoms with Gasteiger partial charge >= 0.3 is 6.03 Å². The molecule has 0 unspecified atom stereocenters. The number of aromatic nitrogens is 1. The van der Waals surface area contributed by atoms with E-state index in [1.54, 1.807) is 30.3 Å². The topological polar surface area (TPSA) is 54.3 Å². The number of anilines is 1. The quantitative estimate of drug-likeness (QED) is 0.551. The van der Waals surface area contributed by atoms with Crippen LogP contribution in [0, 0.1) is 13.8 Å². The van der Waals surface area contributed by atoms with Gasteiger partial charge in [-0.15, -0.1) is 0 Å². The van der Waals surface area contributed by atoms with Gasteiger partial charge in [0.1, 0.15) is 5.70 Å². The number of hydrogen-bond donors (Lipinski definition) is 1. The first kappa shape index (κ1) is 17.8. The van der Waals surface area contributed by atoms with Gasteiger partial charge in [-0.1, -0.05) is 48.5 Å². The van der Waals surface area contributed by atoms with E-state index >= 15 is 0 Å². The smallest absolute Gasteiger partial charge is 0.333 e. The summed E-state index contributed by atoms with van der Waals surface area (Å²) in [6.07, 6.45) is 1.76. The lowest BCUT2D eigenvalue weighted by atomic mass is 10.2. The standard InChI is InChI=1S/C23H21N3O2/c1-16-13-19(17(2)25(16)15-18-9-5-3-6-10-18)14-21-22(27)26(23(28)24-21)20-11-7-4-8-12-20/h3-14H,15H2,1-2H3,(H,24,28)/b21-14+. The lowest BCUT2D eigenvalue weighted by molar-refractivity contribution is -0.113. The molecular weight excluding hydrogens is 350 g/mol. The monoisotopic (exact) mass is 371 g/mol. The molecule has 5 heteroatoms. The summed E-state index contributed by atoms with van der Waals surface area (Å²) in [5, 5.41) is 2.70. The molecule has 0 saturated carbocycles. The number of amides is 3. The van der Waals surface area contributed by atoms with E-state index in [-0.39, 0.29) is 11.6 Å². The Bertz CT molecular complexity index is 1070. The molecule has 0 radical (unpaired) electrons. The van der Waals surface area contributed by atoms with Crippen molar-refractivity contribution < 1.29 is 9.59 Å². The predicted molar refractivity (Wildman–Crippen MR) is 110 cm³/mol. The first-order chi connectivity index (χ1) is 13.5. The molecule has 1 aliphatic rings. The largest absolute Gasteiger partial charge is 0.344 e. The molecule has 0 spiro atoms. The van der Waals surface area contributed by atoms with Crippen LogP contribution in [0.25, 0.3) is 6.08 Å². The maximum atomic E-state index is 12.8. The van der Waals surface area contributed by atoms with Crippen LogP contribution < -0.4 is 10.2 Å². The van der Waals surface area contributed by atoms with E-state index in [2.05, 4.69) is 22.0 Å². The van der Waals surface area contributed by atoms with Gasteiger partial charge < -0.3 is 9.88 Å². The molecule has 0 aliphatic carbocycles. The molecule has 28 heavy (non-hydrogen) atoms. The highest BCUT2D eigenvalue weighted by Gasteiger charge is 2.34. The van der Waals surface area contributed by atoms with Gasteiger partial charge in [-0.25, -0.2) is 9.69 Å². The third-order valence-electron chi connectivity index (χ3n) is 4.99. The predicted octanol–water partition coefficient (Wildman–Crippen LogP) is 4.25. The van der Waals surface area contributed by atoms with E-state index < -0.39 is 6.03 Å². The van der Waals surface area contributed by atoms with Gasteiger partial charge in [-0.2, -0.15) is 0 Å². The molecule has 1 fully saturated rings. The van der Waals surface area contributed by atoms with Crippen LogP contribution in [0.15, 0.2) is 72.4 Å². The van der Waals surface area contributed by atoms with Crippen LogP contribution in [0.1, 0.15) is 22.5 Å². The number of nitrogens with one attached hydrogen (secondary N) is 1. The number of urea groups is 1. The van der Waals surface area contributed by atoms with E-state index in [4.69, 9.17) is 0 Å². The van der Waals surface area contributed by atoms with Gasteiger partial charge in [-0.3, -0.25) is 4.79 Å². The molecule has 1 N–H and O–H groups in total. The number of benzene rings is 2. The van der Waals surface area contributed by atoms with Crippen molar-refractivity contribution in [2.75, 3.05) is 4.90 Å². The second kappa shape index (κ2) is 7.19. The highest BCUT2D eigenvalue weighted by atomic mass is 16.2. The second-order valence-corrected chi connectivity index (χ2v) is 6.86. The number of carbonyl (C=O) groups is 2. The molecule has 3 amide bonds. The lowest BCUT2D eigenvalue weighted by Gasteiger charge is -2.11. The number of carbonyl (C=O) groups excluding carboxylic acids is 2. The third kappa shape index (κ3) is 3.22. The van der Waals surface area contributed by atoms with Gasteiger partial charge in [0.15, 0.2) is 0 Å². The van der Waals surface area contributed by atoms with Crippen molar-refractivity contribution in [3.63, 3.8) is 0 Å². The fourth-order valence-corrected chi connectivity index (χ4v) is 3.49. The van der Waals surface area contributed by atoms with Gasteiger partial charge in [0.25, 0.3) is 5.91 Å². The molecule has 140 valence electrons. The zero-order chi connectivity index (χ0) is 19.7. The van der Waals surface area contributed by atoms with Crippen LogP contribution in [0.5, 0.6) is 0 Å². The Hall–Kier alpha value is -3.60. The summed E-state index contributed by atoms with van der Waals surface area (Å²) in [5.41, 5.74) is 5.13. The Labute approximate surface area is 163 Å². The molecular formula is C23H21N3O2. The van der Waals surface area contributed by atoms with Gasteiger partial charge in [0.2, 0.25) is 0 Å². The highest BCUT2D eigenvalue weighted by Crippen LogP contribution is 2.24. The zero-order valence-electron chi connectivity index (χ0n) is 15.8. The number of aryl methyl sites for hydroxylation is 1. The maximum Gasteiger partial charge on any atom is 0.333 e. The molecule has 0 atom stereocenters. The zero-order valence-corrected chi connectivity index (χ0v) is 15.8. The number of nitrogens with zero attached hydrogens (tertiary/aromatic N) is 2. The van der Waals surface area contributed by atoms with Crippen LogP contribution in [0.3, 0.4) is 0 Å². The summed E-state index contributed by atoms with van der Waals surface area (Å²) in [6.45, 7) is 4.83. The number of rotatable bonds is 4. The van der Waals surface area contributed by atoms with Crippen molar-refractivity contribution in [1.29, 1.82) is 0 Å². The summed E-state index contributed by atoms with van der Waals surface area (Å²) >= 11 is 0. The van der Waals surface area contributed by atoms with Gasteiger partial charge in [0, 0.05) is 17.9 Å². The van der Waals surface area contributed by atoms with Crippen molar-refractivity contribution in [2.24, 2.45) is 0 Å². The van der Waals surface area contributed by atoms with Crippen molar-refractivity contribution >= 4 is 23.7 Å². The highest BCUT2D eigenvalue weighted by molar-refractivity contribution is 6.28. The van der Waals surface area contributed by atoms with E-state index in [0.717, 1.165) is 28.4 Å². The minimum atomic E-state index is -0.430. The Kier molecular flexibility index (Phi) is 4.57. The lowest BCUT2D eigenvalue weighted by Crippen LogP contribution is -2.30.